The zero-order valence-electron chi connectivity index (χ0n) is 14.6. The molecule has 0 aliphatic carbocycles. The Kier molecular flexibility index (Phi) is 5.16. The molecular weight excluding hydrogens is 318 g/mol. The number of hydrogen-bond donors (Lipinski definition) is 0. The highest BCUT2D eigenvalue weighted by molar-refractivity contribution is 5.91. The first-order valence-corrected chi connectivity index (χ1v) is 8.60. The van der Waals surface area contributed by atoms with Crippen LogP contribution in [0.15, 0.2) is 36.5 Å². The molecule has 25 heavy (non-hydrogen) atoms. The van der Waals surface area contributed by atoms with Gasteiger partial charge < -0.3 is 9.64 Å². The van der Waals surface area contributed by atoms with Crippen molar-refractivity contribution in [1.29, 1.82) is 0 Å². The second-order valence-electron chi connectivity index (χ2n) is 6.59. The van der Waals surface area contributed by atoms with E-state index in [1.165, 1.54) is 0 Å². The molecule has 0 bridgehead atoms. The molecule has 0 spiro atoms. The van der Waals surface area contributed by atoms with Crippen LogP contribution in [0.4, 0.5) is 0 Å². The van der Waals surface area contributed by atoms with Gasteiger partial charge in [-0.3, -0.25) is 4.79 Å². The van der Waals surface area contributed by atoms with Crippen molar-refractivity contribution in [3.05, 3.63) is 47.8 Å². The number of carbonyl (C=O) groups excluding carboxylic acids is 2. The number of piperidine rings is 1. The van der Waals surface area contributed by atoms with Crippen molar-refractivity contribution >= 4 is 11.9 Å². The minimum atomic E-state index is -0.484. The highest BCUT2D eigenvalue weighted by Gasteiger charge is 2.22. The van der Waals surface area contributed by atoms with Gasteiger partial charge in [-0.15, -0.1) is 0 Å². The summed E-state index contributed by atoms with van der Waals surface area (Å²) in [5.41, 5.74) is 2.31. The Morgan fingerprint density at radius 3 is 2.64 bits per heavy atom. The maximum atomic E-state index is 12.2. The highest BCUT2D eigenvalue weighted by Crippen LogP contribution is 2.16. The van der Waals surface area contributed by atoms with E-state index in [0.717, 1.165) is 37.3 Å². The van der Waals surface area contributed by atoms with Crippen molar-refractivity contribution in [1.82, 2.24) is 14.7 Å². The number of carbonyl (C=O) groups is 2. The first-order valence-electron chi connectivity index (χ1n) is 8.60. The fourth-order valence-electron chi connectivity index (χ4n) is 3.10. The average Bonchev–Trinajstić information content (AvgIpc) is 3.05. The number of ether oxygens (including phenoxy) is 1. The topological polar surface area (TPSA) is 64.4 Å². The van der Waals surface area contributed by atoms with E-state index in [1.54, 1.807) is 27.9 Å². The molecule has 2 heterocycles. The lowest BCUT2D eigenvalue weighted by molar-refractivity contribution is -0.136. The van der Waals surface area contributed by atoms with Crippen molar-refractivity contribution in [2.45, 2.75) is 26.7 Å². The van der Waals surface area contributed by atoms with Crippen LogP contribution >= 0.6 is 0 Å². The normalized spacial score (nSPS) is 17.4. The second-order valence-corrected chi connectivity index (χ2v) is 6.59. The van der Waals surface area contributed by atoms with Crippen LogP contribution in [0, 0.1) is 12.8 Å². The van der Waals surface area contributed by atoms with Gasteiger partial charge >= 0.3 is 5.97 Å². The Morgan fingerprint density at radius 1 is 1.24 bits per heavy atom. The maximum Gasteiger partial charge on any atom is 0.338 e. The zero-order valence-corrected chi connectivity index (χ0v) is 14.6. The number of esters is 1. The largest absolute Gasteiger partial charge is 0.452 e. The monoisotopic (exact) mass is 341 g/mol. The summed E-state index contributed by atoms with van der Waals surface area (Å²) in [7, 11) is 0. The molecule has 1 amide bonds. The molecule has 0 radical (unpaired) electrons. The van der Waals surface area contributed by atoms with E-state index in [4.69, 9.17) is 4.74 Å². The van der Waals surface area contributed by atoms with Crippen LogP contribution < -0.4 is 0 Å². The molecule has 2 aromatic rings. The number of aryl methyl sites for hydroxylation is 1. The first-order chi connectivity index (χ1) is 12.0. The van der Waals surface area contributed by atoms with E-state index >= 15 is 0 Å². The third-order valence-electron chi connectivity index (χ3n) is 4.52. The molecule has 1 aromatic carbocycles. The molecule has 0 unspecified atom stereocenters. The summed E-state index contributed by atoms with van der Waals surface area (Å²) in [4.78, 5) is 26.1. The molecule has 1 fully saturated rings. The SMILES string of the molecule is Cc1ccnn1-c1ccc(C(=O)OCC(=O)N2CCC[C@@H](C)C2)cc1. The number of rotatable bonds is 4. The Bertz CT molecular complexity index is 752. The fourth-order valence-corrected chi connectivity index (χ4v) is 3.10. The fraction of sp³-hybridized carbons (Fsp3) is 0.421. The maximum absolute atomic E-state index is 12.2. The third kappa shape index (κ3) is 4.07. The van der Waals surface area contributed by atoms with Crippen LogP contribution in [0.5, 0.6) is 0 Å². The number of hydrogen-bond acceptors (Lipinski definition) is 4. The van der Waals surface area contributed by atoms with Gasteiger partial charge in [-0.05, 0) is 56.0 Å². The van der Waals surface area contributed by atoms with Gasteiger partial charge in [-0.1, -0.05) is 6.92 Å². The molecular formula is C19H23N3O3. The lowest BCUT2D eigenvalue weighted by Crippen LogP contribution is -2.41. The van der Waals surface area contributed by atoms with Gasteiger partial charge in [-0.2, -0.15) is 5.10 Å². The molecule has 1 aromatic heterocycles. The average molecular weight is 341 g/mol. The molecule has 0 N–H and O–H groups in total. The standard InChI is InChI=1S/C19H23N3O3/c1-14-4-3-11-21(12-14)18(23)13-25-19(24)16-5-7-17(8-6-16)22-15(2)9-10-20-22/h5-10,14H,3-4,11-13H2,1-2H3/t14-/m1/s1. The number of likely N-dealkylation sites (tertiary alicyclic amines) is 1. The van der Waals surface area contributed by atoms with Crippen molar-refractivity contribution in [2.24, 2.45) is 5.92 Å². The van der Waals surface area contributed by atoms with Crippen molar-refractivity contribution in [3.8, 4) is 5.69 Å². The zero-order chi connectivity index (χ0) is 17.8. The molecule has 132 valence electrons. The van der Waals surface area contributed by atoms with E-state index in [9.17, 15) is 9.59 Å². The molecule has 1 aliphatic rings. The van der Waals surface area contributed by atoms with Crippen LogP contribution in [-0.2, 0) is 9.53 Å². The van der Waals surface area contributed by atoms with Crippen molar-refractivity contribution in [2.75, 3.05) is 19.7 Å². The summed E-state index contributed by atoms with van der Waals surface area (Å²) in [5, 5.41) is 4.23. The lowest BCUT2D eigenvalue weighted by Gasteiger charge is -2.30. The summed E-state index contributed by atoms with van der Waals surface area (Å²) < 4.78 is 6.97. The second kappa shape index (κ2) is 7.51. The summed E-state index contributed by atoms with van der Waals surface area (Å²) in [6, 6.07) is 8.91. The third-order valence-corrected chi connectivity index (χ3v) is 4.52. The molecule has 1 aliphatic heterocycles. The molecule has 1 saturated heterocycles. The van der Waals surface area contributed by atoms with Crippen LogP contribution in [0.2, 0.25) is 0 Å². The Labute approximate surface area is 147 Å². The summed E-state index contributed by atoms with van der Waals surface area (Å²) in [5.74, 6) is -0.0995. The van der Waals surface area contributed by atoms with E-state index < -0.39 is 5.97 Å². The Balaban J connectivity index is 1.56. The van der Waals surface area contributed by atoms with Gasteiger partial charge in [0, 0.05) is 25.0 Å². The van der Waals surface area contributed by atoms with Gasteiger partial charge in [0.15, 0.2) is 6.61 Å². The van der Waals surface area contributed by atoms with Crippen LogP contribution in [-0.4, -0.2) is 46.3 Å². The quantitative estimate of drug-likeness (QED) is 0.802. The van der Waals surface area contributed by atoms with Crippen LogP contribution in [0.1, 0.15) is 35.8 Å². The van der Waals surface area contributed by atoms with Gasteiger partial charge in [0.05, 0.1) is 11.3 Å². The first kappa shape index (κ1) is 17.2. The molecule has 6 nitrogen and oxygen atoms in total. The minimum Gasteiger partial charge on any atom is -0.452 e. The summed E-state index contributed by atoms with van der Waals surface area (Å²) in [6.45, 7) is 5.38. The number of amides is 1. The summed E-state index contributed by atoms with van der Waals surface area (Å²) >= 11 is 0. The van der Waals surface area contributed by atoms with E-state index in [1.807, 2.05) is 25.1 Å². The van der Waals surface area contributed by atoms with Crippen molar-refractivity contribution in [3.63, 3.8) is 0 Å². The van der Waals surface area contributed by atoms with E-state index in [0.29, 0.717) is 11.5 Å². The summed E-state index contributed by atoms with van der Waals surface area (Å²) in [6.07, 6.45) is 3.88. The van der Waals surface area contributed by atoms with Crippen molar-refractivity contribution < 1.29 is 14.3 Å². The number of aromatic nitrogens is 2. The predicted molar refractivity (Wildman–Crippen MR) is 93.6 cm³/mol. The van der Waals surface area contributed by atoms with Crippen LogP contribution in [0.3, 0.4) is 0 Å². The lowest BCUT2D eigenvalue weighted by atomic mass is 10.0. The minimum absolute atomic E-state index is 0.122. The Morgan fingerprint density at radius 2 is 2.00 bits per heavy atom. The highest BCUT2D eigenvalue weighted by atomic mass is 16.5. The van der Waals surface area contributed by atoms with Gasteiger partial charge in [0.25, 0.3) is 5.91 Å². The molecule has 1 atom stereocenters. The number of nitrogens with zero attached hydrogens (tertiary/aromatic N) is 3. The smallest absolute Gasteiger partial charge is 0.338 e. The Hall–Kier alpha value is -2.63. The van der Waals surface area contributed by atoms with Gasteiger partial charge in [0.2, 0.25) is 0 Å². The van der Waals surface area contributed by atoms with Gasteiger partial charge in [-0.25, -0.2) is 9.48 Å². The molecule has 3 rings (SSSR count). The van der Waals surface area contributed by atoms with E-state index in [-0.39, 0.29) is 12.5 Å². The predicted octanol–water partition coefficient (Wildman–Crippen LogP) is 2.60. The van der Waals surface area contributed by atoms with E-state index in [2.05, 4.69) is 12.0 Å². The van der Waals surface area contributed by atoms with Gasteiger partial charge in [0.1, 0.15) is 0 Å². The van der Waals surface area contributed by atoms with Crippen LogP contribution in [0.25, 0.3) is 5.69 Å². The molecule has 0 saturated carbocycles. The molecule has 6 heteroatoms. The number of benzene rings is 1.